The van der Waals surface area contributed by atoms with Crippen LogP contribution < -0.4 is 0 Å². The zero-order chi connectivity index (χ0) is 24.0. The fourth-order valence-electron chi connectivity index (χ4n) is 4.84. The summed E-state index contributed by atoms with van der Waals surface area (Å²) in [5.41, 5.74) is 2.17. The van der Waals surface area contributed by atoms with E-state index >= 15 is 0 Å². The lowest BCUT2D eigenvalue weighted by atomic mass is 9.90. The first-order valence-electron chi connectivity index (χ1n) is 13.8. The van der Waals surface area contributed by atoms with Crippen molar-refractivity contribution in [1.82, 2.24) is 0 Å². The van der Waals surface area contributed by atoms with Crippen molar-refractivity contribution >= 4 is 22.5 Å². The van der Waals surface area contributed by atoms with Crippen molar-refractivity contribution in [2.45, 2.75) is 110 Å². The zero-order valence-corrected chi connectivity index (χ0v) is 21.5. The second-order valence-electron chi connectivity index (χ2n) is 9.68. The Labute approximate surface area is 206 Å². The second kappa shape index (κ2) is 14.9. The van der Waals surface area contributed by atoms with E-state index in [0.29, 0.717) is 13.0 Å². The minimum atomic E-state index is -0.379. The highest BCUT2D eigenvalue weighted by Gasteiger charge is 2.25. The van der Waals surface area contributed by atoms with Gasteiger partial charge >= 0.3 is 5.97 Å². The Morgan fingerprint density at radius 1 is 0.765 bits per heavy atom. The Morgan fingerprint density at radius 2 is 1.38 bits per heavy atom. The molecule has 0 bridgehead atoms. The fraction of sp³-hybridized carbons (Fsp3) is 0.581. The van der Waals surface area contributed by atoms with Gasteiger partial charge in [-0.15, -0.1) is 0 Å². The lowest BCUT2D eigenvalue weighted by Crippen LogP contribution is -2.14. The highest BCUT2D eigenvalue weighted by atomic mass is 16.5. The van der Waals surface area contributed by atoms with Gasteiger partial charge in [0.05, 0.1) is 6.61 Å². The molecule has 3 heteroatoms. The normalized spacial score (nSPS) is 14.8. The third-order valence-electron chi connectivity index (χ3n) is 6.81. The summed E-state index contributed by atoms with van der Waals surface area (Å²) in [6.07, 6.45) is 17.9. The first-order chi connectivity index (χ1) is 16.7. The largest absolute Gasteiger partial charge is 0.493 e. The summed E-state index contributed by atoms with van der Waals surface area (Å²) in [6.45, 7) is 5.18. The van der Waals surface area contributed by atoms with Gasteiger partial charge in [-0.1, -0.05) is 121 Å². The smallest absolute Gasteiger partial charge is 0.306 e. The highest BCUT2D eigenvalue weighted by Crippen LogP contribution is 2.40. The van der Waals surface area contributed by atoms with Gasteiger partial charge < -0.3 is 9.47 Å². The molecular weight excluding hydrogens is 420 g/mol. The Balaban J connectivity index is 1.58. The van der Waals surface area contributed by atoms with Gasteiger partial charge in [0.1, 0.15) is 11.9 Å². The molecule has 0 radical (unpaired) electrons. The lowest BCUT2D eigenvalue weighted by molar-refractivity contribution is -0.147. The van der Waals surface area contributed by atoms with Crippen molar-refractivity contribution in [3.05, 3.63) is 53.6 Å². The Hall–Kier alpha value is -2.29. The van der Waals surface area contributed by atoms with E-state index < -0.39 is 0 Å². The molecule has 0 spiro atoms. The number of benzene rings is 2. The van der Waals surface area contributed by atoms with Crippen LogP contribution in [0.5, 0.6) is 0 Å². The predicted octanol–water partition coefficient (Wildman–Crippen LogP) is 9.30. The summed E-state index contributed by atoms with van der Waals surface area (Å²) < 4.78 is 12.3. The molecule has 0 fully saturated rings. The molecule has 0 amide bonds. The fourth-order valence-corrected chi connectivity index (χ4v) is 4.84. The van der Waals surface area contributed by atoms with Crippen LogP contribution in [-0.2, 0) is 14.3 Å². The van der Waals surface area contributed by atoms with Crippen molar-refractivity contribution in [3.63, 3.8) is 0 Å². The molecule has 0 N–H and O–H groups in total. The number of hydrogen-bond donors (Lipinski definition) is 0. The molecule has 0 aromatic heterocycles. The molecule has 2 aromatic rings. The van der Waals surface area contributed by atoms with E-state index in [4.69, 9.17) is 9.47 Å². The molecule has 1 aliphatic carbocycles. The third-order valence-corrected chi connectivity index (χ3v) is 6.81. The lowest BCUT2D eigenvalue weighted by Gasteiger charge is -2.25. The minimum absolute atomic E-state index is 0.110. The second-order valence-corrected chi connectivity index (χ2v) is 9.68. The van der Waals surface area contributed by atoms with Crippen LogP contribution >= 0.6 is 0 Å². The van der Waals surface area contributed by atoms with Gasteiger partial charge in [0.2, 0.25) is 0 Å². The van der Waals surface area contributed by atoms with Crippen molar-refractivity contribution in [2.24, 2.45) is 0 Å². The molecule has 0 saturated carbocycles. The van der Waals surface area contributed by atoms with E-state index in [1.165, 1.54) is 64.2 Å². The maximum absolute atomic E-state index is 12.7. The molecule has 1 unspecified atom stereocenters. The summed E-state index contributed by atoms with van der Waals surface area (Å²) in [5, 5.41) is 2.32. The number of unbranched alkanes of at least 4 members (excludes halogenated alkanes) is 11. The summed E-state index contributed by atoms with van der Waals surface area (Å²) >= 11 is 0. The van der Waals surface area contributed by atoms with Crippen LogP contribution in [0.1, 0.15) is 121 Å². The Kier molecular flexibility index (Phi) is 11.5. The summed E-state index contributed by atoms with van der Waals surface area (Å²) in [7, 11) is 0. The molecule has 1 aliphatic rings. The predicted molar refractivity (Wildman–Crippen MR) is 143 cm³/mol. The van der Waals surface area contributed by atoms with Gasteiger partial charge in [0.25, 0.3) is 0 Å². The molecule has 186 valence electrons. The highest BCUT2D eigenvalue weighted by molar-refractivity contribution is 5.97. The number of esters is 1. The van der Waals surface area contributed by atoms with E-state index in [2.05, 4.69) is 50.2 Å². The molecule has 3 rings (SSSR count). The first kappa shape index (κ1) is 26.3. The van der Waals surface area contributed by atoms with E-state index in [1.807, 2.05) is 6.08 Å². The van der Waals surface area contributed by atoms with Crippen LogP contribution in [-0.4, -0.2) is 12.6 Å². The van der Waals surface area contributed by atoms with Crippen LogP contribution in [0.3, 0.4) is 0 Å². The van der Waals surface area contributed by atoms with Gasteiger partial charge in [0.15, 0.2) is 0 Å². The minimum Gasteiger partial charge on any atom is -0.493 e. The number of hydrogen-bond acceptors (Lipinski definition) is 3. The number of rotatable bonds is 17. The molecule has 3 nitrogen and oxygen atoms in total. The van der Waals surface area contributed by atoms with E-state index in [0.717, 1.165) is 46.9 Å². The van der Waals surface area contributed by atoms with Crippen molar-refractivity contribution in [3.8, 4) is 0 Å². The van der Waals surface area contributed by atoms with Crippen molar-refractivity contribution < 1.29 is 14.3 Å². The van der Waals surface area contributed by atoms with Crippen LogP contribution in [0.25, 0.3) is 16.5 Å². The van der Waals surface area contributed by atoms with Crippen molar-refractivity contribution in [1.29, 1.82) is 0 Å². The molecule has 2 aromatic carbocycles. The summed E-state index contributed by atoms with van der Waals surface area (Å²) in [6, 6.07) is 12.6. The van der Waals surface area contributed by atoms with Gasteiger partial charge in [-0.3, -0.25) is 4.79 Å². The first-order valence-corrected chi connectivity index (χ1v) is 13.8. The number of carbonyl (C=O) groups excluding carboxylic acids is 1. The average molecular weight is 465 g/mol. The van der Waals surface area contributed by atoms with Crippen LogP contribution in [0.2, 0.25) is 0 Å². The maximum atomic E-state index is 12.7. The summed E-state index contributed by atoms with van der Waals surface area (Å²) in [5.74, 6) is 0.744. The zero-order valence-electron chi connectivity index (χ0n) is 21.5. The van der Waals surface area contributed by atoms with Gasteiger partial charge in [0, 0.05) is 23.6 Å². The van der Waals surface area contributed by atoms with E-state index in [9.17, 15) is 4.79 Å². The standard InChI is InChI=1S/C31H44O3/c1-3-5-7-9-11-12-14-22-30(32)34-29-24-28(33-23-15-13-10-8-6-4-2)26-20-16-18-25-19-17-21-27(29)31(25)26/h16-21,24,29H,3-15,22-23H2,1-2H3. The number of carbonyl (C=O) groups is 1. The molecule has 0 aliphatic heterocycles. The summed E-state index contributed by atoms with van der Waals surface area (Å²) in [4.78, 5) is 12.7. The Bertz CT molecular complexity index is 909. The molecule has 0 saturated heterocycles. The maximum Gasteiger partial charge on any atom is 0.306 e. The van der Waals surface area contributed by atoms with E-state index in [1.54, 1.807) is 0 Å². The topological polar surface area (TPSA) is 35.5 Å². The molecule has 0 heterocycles. The van der Waals surface area contributed by atoms with Crippen LogP contribution in [0, 0.1) is 0 Å². The quantitative estimate of drug-likeness (QED) is 0.173. The van der Waals surface area contributed by atoms with Crippen LogP contribution in [0.15, 0.2) is 42.5 Å². The van der Waals surface area contributed by atoms with Crippen molar-refractivity contribution in [2.75, 3.05) is 6.61 Å². The number of ether oxygens (including phenoxy) is 2. The van der Waals surface area contributed by atoms with Gasteiger partial charge in [-0.2, -0.15) is 0 Å². The monoisotopic (exact) mass is 464 g/mol. The van der Waals surface area contributed by atoms with E-state index in [-0.39, 0.29) is 12.1 Å². The van der Waals surface area contributed by atoms with Crippen LogP contribution in [0.4, 0.5) is 0 Å². The Morgan fingerprint density at radius 3 is 2.09 bits per heavy atom. The SMILES string of the molecule is CCCCCCCCCC(=O)OC1C=C(OCCCCCCCC)c2cccc3cccc1c23. The molecular formula is C31H44O3. The third kappa shape index (κ3) is 7.89. The van der Waals surface area contributed by atoms with Gasteiger partial charge in [-0.05, 0) is 23.6 Å². The molecule has 1 atom stereocenters. The molecule has 34 heavy (non-hydrogen) atoms. The average Bonchev–Trinajstić information content (AvgIpc) is 2.85. The van der Waals surface area contributed by atoms with Gasteiger partial charge in [-0.25, -0.2) is 0 Å².